The highest BCUT2D eigenvalue weighted by Gasteiger charge is 2.31. The SMILES string of the molecule is COC(=O)CC[C@H](Cc1cc(O)c(OC)c(OC)c1)[C@@H](Cc1cc(O)c(OC)c(OC)c1)C(=O)OC. The predicted molar refractivity (Wildman–Crippen MR) is 130 cm³/mol. The molecule has 0 fully saturated rings. The molecular formula is C26H34O10. The van der Waals surface area contributed by atoms with Gasteiger partial charge in [0.15, 0.2) is 23.0 Å². The predicted octanol–water partition coefficient (Wildman–Crippen LogP) is 3.28. The van der Waals surface area contributed by atoms with Gasteiger partial charge in [-0.15, -0.1) is 0 Å². The van der Waals surface area contributed by atoms with E-state index in [1.807, 2.05) is 0 Å². The second-order valence-electron chi connectivity index (χ2n) is 8.11. The van der Waals surface area contributed by atoms with Gasteiger partial charge in [-0.25, -0.2) is 0 Å². The summed E-state index contributed by atoms with van der Waals surface area (Å²) in [7, 11) is 8.32. The van der Waals surface area contributed by atoms with Gasteiger partial charge >= 0.3 is 11.9 Å². The fraction of sp³-hybridized carbons (Fsp3) is 0.462. The number of phenolic OH excluding ortho intramolecular Hbond substituents is 2. The Morgan fingerprint density at radius 2 is 1.22 bits per heavy atom. The largest absolute Gasteiger partial charge is 0.504 e. The molecule has 0 aliphatic carbocycles. The minimum Gasteiger partial charge on any atom is -0.504 e. The number of hydrogen-bond donors (Lipinski definition) is 2. The van der Waals surface area contributed by atoms with Gasteiger partial charge in [-0.3, -0.25) is 9.59 Å². The van der Waals surface area contributed by atoms with Crippen molar-refractivity contribution < 1.29 is 48.2 Å². The van der Waals surface area contributed by atoms with Crippen LogP contribution in [-0.2, 0) is 31.9 Å². The van der Waals surface area contributed by atoms with Gasteiger partial charge in [0.25, 0.3) is 0 Å². The molecule has 10 heteroatoms. The quantitative estimate of drug-likeness (QED) is 0.390. The monoisotopic (exact) mass is 506 g/mol. The van der Waals surface area contributed by atoms with Crippen molar-refractivity contribution in [1.82, 2.24) is 0 Å². The molecule has 0 amide bonds. The molecule has 0 heterocycles. The minimum absolute atomic E-state index is 0.0745. The van der Waals surface area contributed by atoms with E-state index < -0.39 is 23.8 Å². The molecule has 0 saturated heterocycles. The number of rotatable bonds is 13. The Hall–Kier alpha value is -3.82. The number of hydrogen-bond acceptors (Lipinski definition) is 10. The van der Waals surface area contributed by atoms with E-state index in [2.05, 4.69) is 0 Å². The van der Waals surface area contributed by atoms with E-state index in [1.165, 1.54) is 54.8 Å². The molecule has 0 saturated carbocycles. The highest BCUT2D eigenvalue weighted by Crippen LogP contribution is 2.41. The highest BCUT2D eigenvalue weighted by atomic mass is 16.5. The van der Waals surface area contributed by atoms with Crippen LogP contribution in [0, 0.1) is 11.8 Å². The van der Waals surface area contributed by atoms with Crippen molar-refractivity contribution in [1.29, 1.82) is 0 Å². The van der Waals surface area contributed by atoms with Crippen LogP contribution in [0.15, 0.2) is 24.3 Å². The number of aromatic hydroxyl groups is 2. The van der Waals surface area contributed by atoms with Gasteiger partial charge in [0.2, 0.25) is 11.5 Å². The van der Waals surface area contributed by atoms with Crippen LogP contribution in [0.2, 0.25) is 0 Å². The number of esters is 2. The molecular weight excluding hydrogens is 472 g/mol. The van der Waals surface area contributed by atoms with Crippen molar-refractivity contribution in [2.24, 2.45) is 11.8 Å². The van der Waals surface area contributed by atoms with Crippen LogP contribution >= 0.6 is 0 Å². The zero-order valence-corrected chi connectivity index (χ0v) is 21.5. The number of benzene rings is 2. The molecule has 2 atom stereocenters. The first-order valence-corrected chi connectivity index (χ1v) is 11.2. The Labute approximate surface area is 210 Å². The van der Waals surface area contributed by atoms with Crippen molar-refractivity contribution in [3.05, 3.63) is 35.4 Å². The van der Waals surface area contributed by atoms with E-state index in [4.69, 9.17) is 28.4 Å². The van der Waals surface area contributed by atoms with E-state index in [0.717, 1.165) is 0 Å². The lowest BCUT2D eigenvalue weighted by Crippen LogP contribution is -2.29. The van der Waals surface area contributed by atoms with E-state index >= 15 is 0 Å². The second kappa shape index (κ2) is 13.3. The summed E-state index contributed by atoms with van der Waals surface area (Å²) in [5.74, 6) is -1.23. The van der Waals surface area contributed by atoms with Gasteiger partial charge in [0.1, 0.15) is 0 Å². The second-order valence-corrected chi connectivity index (χ2v) is 8.11. The molecule has 0 aliphatic rings. The minimum atomic E-state index is -0.701. The van der Waals surface area contributed by atoms with Crippen LogP contribution in [-0.4, -0.2) is 64.8 Å². The molecule has 10 nitrogen and oxygen atoms in total. The molecule has 36 heavy (non-hydrogen) atoms. The van der Waals surface area contributed by atoms with Crippen LogP contribution in [0.1, 0.15) is 24.0 Å². The molecule has 0 bridgehead atoms. The molecule has 2 aromatic rings. The Bertz CT molecular complexity index is 1050. The Balaban J connectivity index is 2.49. The van der Waals surface area contributed by atoms with Gasteiger partial charge in [-0.05, 0) is 60.6 Å². The van der Waals surface area contributed by atoms with Crippen molar-refractivity contribution in [3.63, 3.8) is 0 Å². The van der Waals surface area contributed by atoms with E-state index in [-0.39, 0.29) is 35.8 Å². The highest BCUT2D eigenvalue weighted by molar-refractivity contribution is 5.74. The number of carbonyl (C=O) groups is 2. The maximum atomic E-state index is 13.0. The first-order valence-electron chi connectivity index (χ1n) is 11.2. The summed E-state index contributed by atoms with van der Waals surface area (Å²) in [6.45, 7) is 0. The standard InChI is InChI=1S/C26H34O10/c1-31-21-13-15(11-19(27)24(21)34-4)9-17(7-8-23(29)33-3)18(26(30)36-6)10-16-12-20(28)25(35-5)22(14-16)32-2/h11-14,17-18,27-28H,7-10H2,1-6H3/t17-,18-/m1/s1. The summed E-state index contributed by atoms with van der Waals surface area (Å²) >= 11 is 0. The zero-order valence-electron chi connectivity index (χ0n) is 21.5. The normalized spacial score (nSPS) is 12.3. The third kappa shape index (κ3) is 6.87. The fourth-order valence-corrected chi connectivity index (χ4v) is 4.24. The third-order valence-electron chi connectivity index (χ3n) is 6.01. The molecule has 0 radical (unpaired) electrons. The first-order chi connectivity index (χ1) is 17.2. The molecule has 2 rings (SSSR count). The summed E-state index contributed by atoms with van der Waals surface area (Å²) in [4.78, 5) is 24.9. The summed E-state index contributed by atoms with van der Waals surface area (Å²) in [6.07, 6.45) is 0.877. The number of carbonyl (C=O) groups excluding carboxylic acids is 2. The zero-order chi connectivity index (χ0) is 26.8. The Morgan fingerprint density at radius 3 is 1.64 bits per heavy atom. The smallest absolute Gasteiger partial charge is 0.309 e. The van der Waals surface area contributed by atoms with Gasteiger partial charge in [0.05, 0.1) is 48.6 Å². The lowest BCUT2D eigenvalue weighted by molar-refractivity contribution is -0.148. The van der Waals surface area contributed by atoms with Crippen molar-refractivity contribution in [3.8, 4) is 34.5 Å². The Kier molecular flexibility index (Phi) is 10.5. The summed E-state index contributed by atoms with van der Waals surface area (Å²) in [6, 6.07) is 6.41. The van der Waals surface area contributed by atoms with Crippen LogP contribution in [0.25, 0.3) is 0 Å². The lowest BCUT2D eigenvalue weighted by Gasteiger charge is -2.26. The Morgan fingerprint density at radius 1 is 0.722 bits per heavy atom. The topological polar surface area (TPSA) is 130 Å². The molecule has 2 aromatic carbocycles. The third-order valence-corrected chi connectivity index (χ3v) is 6.01. The van der Waals surface area contributed by atoms with Crippen molar-refractivity contribution >= 4 is 11.9 Å². The van der Waals surface area contributed by atoms with Crippen LogP contribution in [0.3, 0.4) is 0 Å². The summed E-state index contributed by atoms with van der Waals surface area (Å²) < 4.78 is 30.9. The summed E-state index contributed by atoms with van der Waals surface area (Å²) in [5.41, 5.74) is 1.28. The maximum absolute atomic E-state index is 13.0. The number of ether oxygens (including phenoxy) is 6. The van der Waals surface area contributed by atoms with Gasteiger partial charge in [-0.2, -0.15) is 0 Å². The maximum Gasteiger partial charge on any atom is 0.309 e. The molecule has 2 N–H and O–H groups in total. The van der Waals surface area contributed by atoms with Crippen molar-refractivity contribution in [2.75, 3.05) is 42.7 Å². The van der Waals surface area contributed by atoms with E-state index in [0.29, 0.717) is 35.5 Å². The molecule has 198 valence electrons. The van der Waals surface area contributed by atoms with Crippen LogP contribution < -0.4 is 18.9 Å². The molecule has 0 unspecified atom stereocenters. The lowest BCUT2D eigenvalue weighted by atomic mass is 9.80. The van der Waals surface area contributed by atoms with Crippen LogP contribution in [0.4, 0.5) is 0 Å². The number of methoxy groups -OCH3 is 6. The number of phenols is 2. The van der Waals surface area contributed by atoms with E-state index in [9.17, 15) is 19.8 Å². The average molecular weight is 507 g/mol. The molecule has 0 spiro atoms. The van der Waals surface area contributed by atoms with Gasteiger partial charge < -0.3 is 38.6 Å². The molecule has 0 aromatic heterocycles. The van der Waals surface area contributed by atoms with Gasteiger partial charge in [-0.1, -0.05) is 0 Å². The van der Waals surface area contributed by atoms with Crippen LogP contribution in [0.5, 0.6) is 34.5 Å². The molecule has 0 aliphatic heterocycles. The summed E-state index contributed by atoms with van der Waals surface area (Å²) in [5, 5.41) is 20.8. The van der Waals surface area contributed by atoms with Crippen molar-refractivity contribution in [2.45, 2.75) is 25.7 Å². The first kappa shape index (κ1) is 28.4. The fourth-order valence-electron chi connectivity index (χ4n) is 4.24. The van der Waals surface area contributed by atoms with Gasteiger partial charge in [0, 0.05) is 6.42 Å². The average Bonchev–Trinajstić information content (AvgIpc) is 2.88. The van der Waals surface area contributed by atoms with E-state index in [1.54, 1.807) is 12.1 Å².